The van der Waals surface area contributed by atoms with Crippen molar-refractivity contribution in [1.29, 1.82) is 0 Å². The van der Waals surface area contributed by atoms with E-state index >= 15 is 0 Å². The molecule has 1 aromatic heterocycles. The summed E-state index contributed by atoms with van der Waals surface area (Å²) in [6.45, 7) is 13.6. The van der Waals surface area contributed by atoms with E-state index in [4.69, 9.17) is 4.98 Å². The second-order valence-electron chi connectivity index (χ2n) is 7.69. The molecule has 0 unspecified atom stereocenters. The highest BCUT2D eigenvalue weighted by atomic mass is 28.3. The van der Waals surface area contributed by atoms with Gasteiger partial charge in [-0.05, 0) is 50.6 Å². The lowest BCUT2D eigenvalue weighted by atomic mass is 10.0. The van der Waals surface area contributed by atoms with Gasteiger partial charge in [-0.3, -0.25) is 0 Å². The zero-order valence-corrected chi connectivity index (χ0v) is 16.0. The molecule has 0 spiro atoms. The van der Waals surface area contributed by atoms with Gasteiger partial charge >= 0.3 is 0 Å². The van der Waals surface area contributed by atoms with Gasteiger partial charge in [-0.15, -0.1) is 0 Å². The Morgan fingerprint density at radius 2 is 1.43 bits per heavy atom. The van der Waals surface area contributed by atoms with Crippen LogP contribution in [0.2, 0.25) is 19.6 Å². The van der Waals surface area contributed by atoms with Crippen LogP contribution in [0.5, 0.6) is 0 Å². The lowest BCUT2D eigenvalue weighted by Gasteiger charge is -2.17. The normalized spacial score (nSPS) is 11.9. The van der Waals surface area contributed by atoms with E-state index in [1.165, 1.54) is 32.8 Å². The molecule has 0 aliphatic rings. The van der Waals surface area contributed by atoms with E-state index in [-0.39, 0.29) is 0 Å². The Hall–Kier alpha value is -1.93. The molecule has 0 bridgehead atoms. The summed E-state index contributed by atoms with van der Waals surface area (Å²) in [6, 6.07) is 15.7. The Morgan fingerprint density at radius 3 is 2.04 bits per heavy atom. The Kier molecular flexibility index (Phi) is 3.89. The summed E-state index contributed by atoms with van der Waals surface area (Å²) in [5, 5.41) is 2.75. The minimum Gasteiger partial charge on any atom is -0.248 e. The number of hydrogen-bond donors (Lipinski definition) is 0. The van der Waals surface area contributed by atoms with Gasteiger partial charge < -0.3 is 0 Å². The first-order valence-electron chi connectivity index (χ1n) is 8.24. The first-order chi connectivity index (χ1) is 10.7. The van der Waals surface area contributed by atoms with Crippen molar-refractivity contribution >= 4 is 24.2 Å². The monoisotopic (exact) mass is 319 g/mol. The third kappa shape index (κ3) is 3.23. The molecule has 2 aromatic carbocycles. The number of nitrogens with zero attached hydrogens (tertiary/aromatic N) is 1. The van der Waals surface area contributed by atoms with Gasteiger partial charge in [0.1, 0.15) is 0 Å². The van der Waals surface area contributed by atoms with Gasteiger partial charge in [-0.25, -0.2) is 4.98 Å². The number of fused-ring (bicyclic) bond motifs is 1. The van der Waals surface area contributed by atoms with Crippen molar-refractivity contribution in [3.8, 4) is 11.3 Å². The molecule has 3 rings (SSSR count). The number of benzene rings is 2. The van der Waals surface area contributed by atoms with Crippen molar-refractivity contribution in [3.05, 3.63) is 59.2 Å². The van der Waals surface area contributed by atoms with E-state index in [0.29, 0.717) is 0 Å². The fourth-order valence-electron chi connectivity index (χ4n) is 3.15. The molecule has 0 saturated carbocycles. The maximum atomic E-state index is 4.97. The highest BCUT2D eigenvalue weighted by Crippen LogP contribution is 2.27. The summed E-state index contributed by atoms with van der Waals surface area (Å²) in [5.41, 5.74) is 7.23. The Bertz CT molecular complexity index is 868. The first kappa shape index (κ1) is 15.9. The average molecular weight is 320 g/mol. The molecular weight excluding hydrogens is 294 g/mol. The first-order valence-corrected chi connectivity index (χ1v) is 11.7. The lowest BCUT2D eigenvalue weighted by molar-refractivity contribution is 1.30. The summed E-state index contributed by atoms with van der Waals surface area (Å²) in [4.78, 5) is 4.97. The SMILES string of the molecule is Cc1cc(C)cc(-c2nc3ccc([Si](C)(C)C)cc3cc2C)c1. The largest absolute Gasteiger partial charge is 0.248 e. The molecule has 3 aromatic rings. The van der Waals surface area contributed by atoms with Crippen LogP contribution in [-0.4, -0.2) is 13.1 Å². The number of pyridine rings is 1. The van der Waals surface area contributed by atoms with E-state index in [1.54, 1.807) is 0 Å². The van der Waals surface area contributed by atoms with Crippen molar-refractivity contribution in [3.63, 3.8) is 0 Å². The average Bonchev–Trinajstić information content (AvgIpc) is 2.43. The van der Waals surface area contributed by atoms with Crippen LogP contribution in [0.1, 0.15) is 16.7 Å². The Morgan fingerprint density at radius 1 is 0.783 bits per heavy atom. The highest BCUT2D eigenvalue weighted by molar-refractivity contribution is 6.88. The van der Waals surface area contributed by atoms with Crippen LogP contribution in [0.4, 0.5) is 0 Å². The number of aryl methyl sites for hydroxylation is 3. The van der Waals surface area contributed by atoms with E-state index in [2.05, 4.69) is 82.9 Å². The molecule has 23 heavy (non-hydrogen) atoms. The van der Waals surface area contributed by atoms with Crippen LogP contribution in [0.3, 0.4) is 0 Å². The third-order valence-corrected chi connectivity index (χ3v) is 6.41. The van der Waals surface area contributed by atoms with E-state index < -0.39 is 8.07 Å². The van der Waals surface area contributed by atoms with Crippen LogP contribution >= 0.6 is 0 Å². The Labute approximate surface area is 140 Å². The molecule has 0 aliphatic carbocycles. The molecule has 118 valence electrons. The minimum atomic E-state index is -1.29. The van der Waals surface area contributed by atoms with Gasteiger partial charge in [0.25, 0.3) is 0 Å². The van der Waals surface area contributed by atoms with Crippen molar-refractivity contribution in [2.45, 2.75) is 40.4 Å². The molecule has 0 fully saturated rings. The van der Waals surface area contributed by atoms with Crippen LogP contribution in [0, 0.1) is 20.8 Å². The quantitative estimate of drug-likeness (QED) is 0.578. The van der Waals surface area contributed by atoms with Crippen molar-refractivity contribution < 1.29 is 0 Å². The van der Waals surface area contributed by atoms with E-state index in [1.807, 2.05) is 0 Å². The summed E-state index contributed by atoms with van der Waals surface area (Å²) in [6.07, 6.45) is 0. The second kappa shape index (κ2) is 5.61. The molecule has 0 saturated heterocycles. The number of rotatable bonds is 2. The molecule has 0 aliphatic heterocycles. The summed E-state index contributed by atoms with van der Waals surface area (Å²) < 4.78 is 0. The molecular formula is C21H25NSi. The molecule has 0 amide bonds. The zero-order chi connectivity index (χ0) is 16.8. The van der Waals surface area contributed by atoms with Gasteiger partial charge in [0.15, 0.2) is 0 Å². The van der Waals surface area contributed by atoms with Crippen LogP contribution in [-0.2, 0) is 0 Å². The van der Waals surface area contributed by atoms with Crippen LogP contribution in [0.15, 0.2) is 42.5 Å². The zero-order valence-electron chi connectivity index (χ0n) is 15.0. The molecule has 1 heterocycles. The molecule has 0 N–H and O–H groups in total. The Balaban J connectivity index is 2.19. The topological polar surface area (TPSA) is 12.9 Å². The predicted molar refractivity (Wildman–Crippen MR) is 104 cm³/mol. The summed E-state index contributed by atoms with van der Waals surface area (Å²) >= 11 is 0. The van der Waals surface area contributed by atoms with Gasteiger partial charge in [0.05, 0.1) is 19.3 Å². The van der Waals surface area contributed by atoms with Crippen molar-refractivity contribution in [1.82, 2.24) is 4.98 Å². The third-order valence-electron chi connectivity index (χ3n) is 4.37. The van der Waals surface area contributed by atoms with E-state index in [0.717, 1.165) is 11.2 Å². The smallest absolute Gasteiger partial charge is 0.0776 e. The van der Waals surface area contributed by atoms with Gasteiger partial charge in [0.2, 0.25) is 0 Å². The van der Waals surface area contributed by atoms with E-state index in [9.17, 15) is 0 Å². The summed E-state index contributed by atoms with van der Waals surface area (Å²) in [5.74, 6) is 0. The molecule has 1 nitrogen and oxygen atoms in total. The second-order valence-corrected chi connectivity index (χ2v) is 12.8. The van der Waals surface area contributed by atoms with Crippen molar-refractivity contribution in [2.75, 3.05) is 0 Å². The fraction of sp³-hybridized carbons (Fsp3) is 0.286. The number of aromatic nitrogens is 1. The van der Waals surface area contributed by atoms with Crippen molar-refractivity contribution in [2.24, 2.45) is 0 Å². The highest BCUT2D eigenvalue weighted by Gasteiger charge is 2.17. The molecule has 0 radical (unpaired) electrons. The van der Waals surface area contributed by atoms with Gasteiger partial charge in [-0.1, -0.05) is 54.2 Å². The lowest BCUT2D eigenvalue weighted by Crippen LogP contribution is -2.37. The maximum absolute atomic E-state index is 4.97. The fourth-order valence-corrected chi connectivity index (χ4v) is 4.32. The van der Waals surface area contributed by atoms with Crippen LogP contribution < -0.4 is 5.19 Å². The van der Waals surface area contributed by atoms with Gasteiger partial charge in [0, 0.05) is 10.9 Å². The predicted octanol–water partition coefficient (Wildman–Crippen LogP) is 5.37. The van der Waals surface area contributed by atoms with Gasteiger partial charge in [-0.2, -0.15) is 0 Å². The summed E-state index contributed by atoms with van der Waals surface area (Å²) in [7, 11) is -1.29. The number of hydrogen-bond acceptors (Lipinski definition) is 1. The molecule has 2 heteroatoms. The maximum Gasteiger partial charge on any atom is 0.0776 e. The van der Waals surface area contributed by atoms with Crippen LogP contribution in [0.25, 0.3) is 22.2 Å². The minimum absolute atomic E-state index is 1.09. The standard InChI is InChI=1S/C21H25NSi/c1-14-9-15(2)11-18(10-14)21-16(3)12-17-13-19(23(4,5)6)7-8-20(17)22-21/h7-13H,1-6H3. The molecule has 0 atom stereocenters.